The van der Waals surface area contributed by atoms with Crippen LogP contribution in [0.25, 0.3) is 0 Å². The Kier molecular flexibility index (Phi) is 5.64. The lowest BCUT2D eigenvalue weighted by Crippen LogP contribution is -2.58. The van der Waals surface area contributed by atoms with Crippen molar-refractivity contribution in [3.63, 3.8) is 0 Å². The molecule has 0 amide bonds. The zero-order valence-electron chi connectivity index (χ0n) is 13.3. The second-order valence-corrected chi connectivity index (χ2v) is 6.69. The number of benzene rings is 1. The molecule has 0 saturated heterocycles. The molecule has 1 fully saturated rings. The molecule has 0 radical (unpaired) electrons. The summed E-state index contributed by atoms with van der Waals surface area (Å²) in [5, 5.41) is 4.05. The van der Waals surface area contributed by atoms with Crippen molar-refractivity contribution >= 4 is 11.6 Å². The van der Waals surface area contributed by atoms with Crippen LogP contribution in [0.15, 0.2) is 18.2 Å². The van der Waals surface area contributed by atoms with Gasteiger partial charge in [-0.2, -0.15) is 0 Å². The van der Waals surface area contributed by atoms with Crippen molar-refractivity contribution in [2.75, 3.05) is 20.6 Å². The van der Waals surface area contributed by atoms with Crippen LogP contribution < -0.4 is 5.32 Å². The van der Waals surface area contributed by atoms with Crippen LogP contribution in [0.2, 0.25) is 5.02 Å². The van der Waals surface area contributed by atoms with Crippen molar-refractivity contribution in [3.8, 4) is 0 Å². The third-order valence-electron chi connectivity index (χ3n) is 4.90. The molecule has 1 atom stereocenters. The van der Waals surface area contributed by atoms with Crippen molar-refractivity contribution in [2.24, 2.45) is 0 Å². The number of halogens is 2. The van der Waals surface area contributed by atoms with Crippen molar-refractivity contribution in [1.82, 2.24) is 10.2 Å². The third kappa shape index (κ3) is 3.58. The molecule has 0 heterocycles. The van der Waals surface area contributed by atoms with Gasteiger partial charge in [-0.3, -0.25) is 0 Å². The Morgan fingerprint density at radius 1 is 1.33 bits per heavy atom. The summed E-state index contributed by atoms with van der Waals surface area (Å²) in [6.45, 7) is 3.01. The highest BCUT2D eigenvalue weighted by Gasteiger charge is 2.42. The second-order valence-electron chi connectivity index (χ2n) is 6.26. The maximum Gasteiger partial charge on any atom is 0.127 e. The minimum absolute atomic E-state index is 0.127. The van der Waals surface area contributed by atoms with Gasteiger partial charge in [0.2, 0.25) is 0 Å². The van der Waals surface area contributed by atoms with Gasteiger partial charge in [0.15, 0.2) is 0 Å². The maximum atomic E-state index is 14.1. The Morgan fingerprint density at radius 2 is 2.00 bits per heavy atom. The molecular formula is C17H26ClFN2. The van der Waals surface area contributed by atoms with Gasteiger partial charge < -0.3 is 10.2 Å². The molecule has 1 unspecified atom stereocenters. The first kappa shape index (κ1) is 16.7. The van der Waals surface area contributed by atoms with Gasteiger partial charge in [-0.15, -0.1) is 0 Å². The van der Waals surface area contributed by atoms with E-state index in [-0.39, 0.29) is 17.4 Å². The molecule has 1 aromatic carbocycles. The number of hydrogen-bond donors (Lipinski definition) is 1. The average Bonchev–Trinajstić information content (AvgIpc) is 2.91. The monoisotopic (exact) mass is 312 g/mol. The molecule has 1 N–H and O–H groups in total. The summed E-state index contributed by atoms with van der Waals surface area (Å²) in [5.41, 5.74) is 0.876. The van der Waals surface area contributed by atoms with Gasteiger partial charge in [-0.1, -0.05) is 37.4 Å². The lowest BCUT2D eigenvalue weighted by atomic mass is 9.83. The minimum Gasteiger partial charge on any atom is -0.312 e. The highest BCUT2D eigenvalue weighted by atomic mass is 35.5. The SMILES string of the molecule is CCNC(Cc1ccc(Cl)cc1F)C1(N(C)C)CCCC1. The van der Waals surface area contributed by atoms with Crippen molar-refractivity contribution in [1.29, 1.82) is 0 Å². The van der Waals surface area contributed by atoms with E-state index in [9.17, 15) is 4.39 Å². The molecular weight excluding hydrogens is 287 g/mol. The van der Waals surface area contributed by atoms with E-state index in [0.717, 1.165) is 12.1 Å². The fraction of sp³-hybridized carbons (Fsp3) is 0.647. The van der Waals surface area contributed by atoms with E-state index >= 15 is 0 Å². The van der Waals surface area contributed by atoms with Crippen molar-refractivity contribution in [3.05, 3.63) is 34.6 Å². The smallest absolute Gasteiger partial charge is 0.127 e. The number of nitrogens with one attached hydrogen (secondary N) is 1. The Morgan fingerprint density at radius 3 is 2.52 bits per heavy atom. The molecule has 21 heavy (non-hydrogen) atoms. The second kappa shape index (κ2) is 7.08. The fourth-order valence-corrected chi connectivity index (χ4v) is 3.86. The van der Waals surface area contributed by atoms with E-state index in [1.165, 1.54) is 31.7 Å². The van der Waals surface area contributed by atoms with E-state index in [4.69, 9.17) is 11.6 Å². The fourth-order valence-electron chi connectivity index (χ4n) is 3.70. The van der Waals surface area contributed by atoms with Crippen LogP contribution in [-0.4, -0.2) is 37.1 Å². The van der Waals surface area contributed by atoms with Crippen LogP contribution in [0.5, 0.6) is 0 Å². The summed E-state index contributed by atoms with van der Waals surface area (Å²) in [5.74, 6) is -0.197. The van der Waals surface area contributed by atoms with E-state index in [1.807, 2.05) is 6.07 Å². The van der Waals surface area contributed by atoms with Crippen molar-refractivity contribution < 1.29 is 4.39 Å². The van der Waals surface area contributed by atoms with E-state index in [1.54, 1.807) is 6.07 Å². The van der Waals surface area contributed by atoms with Crippen molar-refractivity contribution in [2.45, 2.75) is 50.6 Å². The van der Waals surface area contributed by atoms with Gasteiger partial charge in [0, 0.05) is 16.6 Å². The van der Waals surface area contributed by atoms with E-state index in [0.29, 0.717) is 11.4 Å². The Bertz CT molecular complexity index is 470. The first-order valence-corrected chi connectivity index (χ1v) is 8.22. The van der Waals surface area contributed by atoms with Gasteiger partial charge in [-0.05, 0) is 57.6 Å². The summed E-state index contributed by atoms with van der Waals surface area (Å²) < 4.78 is 14.1. The maximum absolute atomic E-state index is 14.1. The summed E-state index contributed by atoms with van der Waals surface area (Å²) in [4.78, 5) is 2.33. The normalized spacial score (nSPS) is 19.1. The molecule has 2 nitrogen and oxygen atoms in total. The summed E-state index contributed by atoms with van der Waals surface area (Å²) in [6.07, 6.45) is 5.56. The van der Waals surface area contributed by atoms with Gasteiger partial charge >= 0.3 is 0 Å². The predicted octanol–water partition coefficient (Wildman–Crippen LogP) is 3.87. The third-order valence-corrected chi connectivity index (χ3v) is 5.13. The van der Waals surface area contributed by atoms with E-state index in [2.05, 4.69) is 31.2 Å². The van der Waals surface area contributed by atoms with Crippen LogP contribution in [0.4, 0.5) is 4.39 Å². The average molecular weight is 313 g/mol. The highest BCUT2D eigenvalue weighted by molar-refractivity contribution is 6.30. The first-order chi connectivity index (χ1) is 9.99. The van der Waals surface area contributed by atoms with Crippen LogP contribution in [-0.2, 0) is 6.42 Å². The molecule has 1 aromatic rings. The molecule has 0 spiro atoms. The van der Waals surface area contributed by atoms with Crippen LogP contribution in [0, 0.1) is 5.82 Å². The predicted molar refractivity (Wildman–Crippen MR) is 87.5 cm³/mol. The molecule has 118 valence electrons. The molecule has 0 bridgehead atoms. The molecule has 2 rings (SSSR count). The molecule has 0 aliphatic heterocycles. The quantitative estimate of drug-likeness (QED) is 0.857. The number of nitrogens with zero attached hydrogens (tertiary/aromatic N) is 1. The summed E-state index contributed by atoms with van der Waals surface area (Å²) in [6, 6.07) is 5.27. The molecule has 1 saturated carbocycles. The number of rotatable bonds is 6. The topological polar surface area (TPSA) is 15.3 Å². The minimum atomic E-state index is -0.197. The summed E-state index contributed by atoms with van der Waals surface area (Å²) >= 11 is 5.86. The molecule has 4 heteroatoms. The van der Waals surface area contributed by atoms with E-state index < -0.39 is 0 Å². The Labute approximate surface area is 132 Å². The number of hydrogen-bond acceptors (Lipinski definition) is 2. The molecule has 1 aliphatic rings. The molecule has 0 aromatic heterocycles. The van der Waals surface area contributed by atoms with Gasteiger partial charge in [0.1, 0.15) is 5.82 Å². The standard InChI is InChI=1S/C17H26ClFN2/c1-4-20-16(17(21(2)3)9-5-6-10-17)11-13-7-8-14(18)12-15(13)19/h7-8,12,16,20H,4-6,9-11H2,1-3H3. The zero-order valence-corrected chi connectivity index (χ0v) is 14.0. The largest absolute Gasteiger partial charge is 0.312 e. The summed E-state index contributed by atoms with van der Waals surface area (Å²) in [7, 11) is 4.29. The lowest BCUT2D eigenvalue weighted by molar-refractivity contribution is 0.105. The van der Waals surface area contributed by atoms with Crippen LogP contribution in [0.3, 0.4) is 0 Å². The zero-order chi connectivity index (χ0) is 15.5. The molecule has 1 aliphatic carbocycles. The number of likely N-dealkylation sites (N-methyl/N-ethyl adjacent to an activating group) is 2. The Hall–Kier alpha value is -0.640. The first-order valence-electron chi connectivity index (χ1n) is 7.84. The Balaban J connectivity index is 2.26. The van der Waals surface area contributed by atoms with Gasteiger partial charge in [0.25, 0.3) is 0 Å². The van der Waals surface area contributed by atoms with Gasteiger partial charge in [-0.25, -0.2) is 4.39 Å². The highest BCUT2D eigenvalue weighted by Crippen LogP contribution is 2.38. The van der Waals surface area contributed by atoms with Crippen LogP contribution in [0.1, 0.15) is 38.2 Å². The van der Waals surface area contributed by atoms with Crippen LogP contribution >= 0.6 is 11.6 Å². The lowest BCUT2D eigenvalue weighted by Gasteiger charge is -2.44. The van der Waals surface area contributed by atoms with Gasteiger partial charge in [0.05, 0.1) is 0 Å².